The molecule has 0 aromatic carbocycles. The van der Waals surface area contributed by atoms with Crippen molar-refractivity contribution in [2.45, 2.75) is 51.5 Å². The van der Waals surface area contributed by atoms with E-state index in [9.17, 15) is 0 Å². The number of rotatable bonds is 6. The molecule has 3 nitrogen and oxygen atoms in total. The lowest BCUT2D eigenvalue weighted by Gasteiger charge is -2.17. The predicted molar refractivity (Wildman–Crippen MR) is 72.3 cm³/mol. The van der Waals surface area contributed by atoms with Gasteiger partial charge in [0.25, 0.3) is 0 Å². The highest BCUT2D eigenvalue weighted by atomic mass is 15.0. The van der Waals surface area contributed by atoms with Crippen molar-refractivity contribution < 1.29 is 0 Å². The van der Waals surface area contributed by atoms with Gasteiger partial charge in [-0.25, -0.2) is 4.98 Å². The van der Waals surface area contributed by atoms with Crippen LogP contribution in [0.3, 0.4) is 0 Å². The number of hydrogen-bond acceptors (Lipinski definition) is 3. The van der Waals surface area contributed by atoms with Crippen LogP contribution in [0.4, 0.5) is 5.82 Å². The maximum atomic E-state index is 5.78. The van der Waals surface area contributed by atoms with Crippen molar-refractivity contribution in [3.05, 3.63) is 23.4 Å². The molecule has 3 heteroatoms. The standard InChI is InChI=1S/C14H23N3/c1-2-3-6-12(10-15)16-14-9-8-11-5-4-7-13(11)17-14/h8-9,12H,2-7,10,15H2,1H3,(H,16,17). The predicted octanol–water partition coefficient (Wildman–Crippen LogP) is 2.50. The van der Waals surface area contributed by atoms with Crippen LogP contribution in [0.1, 0.15) is 43.9 Å². The van der Waals surface area contributed by atoms with E-state index in [1.54, 1.807) is 0 Å². The van der Waals surface area contributed by atoms with Crippen LogP contribution in [0.25, 0.3) is 0 Å². The second-order valence-corrected chi connectivity index (χ2v) is 4.88. The third kappa shape index (κ3) is 3.19. The molecule has 1 aromatic rings. The Morgan fingerprint density at radius 1 is 1.41 bits per heavy atom. The van der Waals surface area contributed by atoms with Crippen LogP contribution in [-0.2, 0) is 12.8 Å². The fourth-order valence-corrected chi connectivity index (χ4v) is 2.41. The molecule has 1 aliphatic rings. The Balaban J connectivity index is 1.97. The van der Waals surface area contributed by atoms with E-state index >= 15 is 0 Å². The summed E-state index contributed by atoms with van der Waals surface area (Å²) in [7, 11) is 0. The van der Waals surface area contributed by atoms with Crippen LogP contribution in [0, 0.1) is 0 Å². The van der Waals surface area contributed by atoms with Crippen molar-refractivity contribution in [3.63, 3.8) is 0 Å². The van der Waals surface area contributed by atoms with E-state index in [0.29, 0.717) is 12.6 Å². The van der Waals surface area contributed by atoms with Gasteiger partial charge in [-0.2, -0.15) is 0 Å². The van der Waals surface area contributed by atoms with Crippen molar-refractivity contribution in [1.82, 2.24) is 4.98 Å². The molecule has 1 aromatic heterocycles. The molecule has 0 aliphatic heterocycles. The van der Waals surface area contributed by atoms with Gasteiger partial charge in [-0.1, -0.05) is 25.8 Å². The summed E-state index contributed by atoms with van der Waals surface area (Å²) in [4.78, 5) is 4.68. The zero-order valence-electron chi connectivity index (χ0n) is 10.7. The maximum absolute atomic E-state index is 5.78. The third-order valence-electron chi connectivity index (χ3n) is 3.47. The number of unbranched alkanes of at least 4 members (excludes halogenated alkanes) is 1. The first-order valence-electron chi connectivity index (χ1n) is 6.79. The van der Waals surface area contributed by atoms with Crippen LogP contribution in [0.2, 0.25) is 0 Å². The number of fused-ring (bicyclic) bond motifs is 1. The zero-order chi connectivity index (χ0) is 12.1. The molecule has 0 fully saturated rings. The molecule has 0 spiro atoms. The van der Waals surface area contributed by atoms with E-state index in [1.165, 1.54) is 36.9 Å². The molecular weight excluding hydrogens is 210 g/mol. The molecule has 2 rings (SSSR count). The van der Waals surface area contributed by atoms with Crippen molar-refractivity contribution in [2.75, 3.05) is 11.9 Å². The normalized spacial score (nSPS) is 15.6. The number of nitrogens with zero attached hydrogens (tertiary/aromatic N) is 1. The van der Waals surface area contributed by atoms with Gasteiger partial charge in [-0.05, 0) is 37.3 Å². The smallest absolute Gasteiger partial charge is 0.126 e. The molecule has 0 saturated heterocycles. The van der Waals surface area contributed by atoms with E-state index < -0.39 is 0 Å². The van der Waals surface area contributed by atoms with E-state index in [1.807, 2.05) is 0 Å². The molecule has 17 heavy (non-hydrogen) atoms. The summed E-state index contributed by atoms with van der Waals surface area (Å²) in [5.41, 5.74) is 8.49. The number of aryl methyl sites for hydroxylation is 2. The largest absolute Gasteiger partial charge is 0.366 e. The fraction of sp³-hybridized carbons (Fsp3) is 0.643. The van der Waals surface area contributed by atoms with Gasteiger partial charge in [-0.3, -0.25) is 0 Å². The number of aromatic nitrogens is 1. The van der Waals surface area contributed by atoms with Crippen LogP contribution in [0.15, 0.2) is 12.1 Å². The molecule has 3 N–H and O–H groups in total. The van der Waals surface area contributed by atoms with Crippen LogP contribution < -0.4 is 11.1 Å². The van der Waals surface area contributed by atoms with E-state index in [4.69, 9.17) is 5.73 Å². The summed E-state index contributed by atoms with van der Waals surface area (Å²) in [5, 5.41) is 3.46. The van der Waals surface area contributed by atoms with Gasteiger partial charge in [0.2, 0.25) is 0 Å². The van der Waals surface area contributed by atoms with E-state index in [0.717, 1.165) is 18.7 Å². The van der Waals surface area contributed by atoms with Crippen molar-refractivity contribution in [1.29, 1.82) is 0 Å². The summed E-state index contributed by atoms with van der Waals surface area (Å²) in [5.74, 6) is 0.997. The summed E-state index contributed by atoms with van der Waals surface area (Å²) < 4.78 is 0. The number of nitrogens with one attached hydrogen (secondary N) is 1. The Morgan fingerprint density at radius 2 is 2.29 bits per heavy atom. The molecule has 0 amide bonds. The van der Waals surface area contributed by atoms with Gasteiger partial charge in [0.1, 0.15) is 5.82 Å². The molecule has 0 bridgehead atoms. The van der Waals surface area contributed by atoms with E-state index in [-0.39, 0.29) is 0 Å². The third-order valence-corrected chi connectivity index (χ3v) is 3.47. The second-order valence-electron chi connectivity index (χ2n) is 4.88. The fourth-order valence-electron chi connectivity index (χ4n) is 2.41. The van der Waals surface area contributed by atoms with Crippen molar-refractivity contribution in [2.24, 2.45) is 5.73 Å². The minimum Gasteiger partial charge on any atom is -0.366 e. The highest BCUT2D eigenvalue weighted by molar-refractivity contribution is 5.41. The molecule has 0 saturated carbocycles. The lowest BCUT2D eigenvalue weighted by Crippen LogP contribution is -2.29. The van der Waals surface area contributed by atoms with Gasteiger partial charge in [0.05, 0.1) is 0 Å². The Morgan fingerprint density at radius 3 is 3.06 bits per heavy atom. The van der Waals surface area contributed by atoms with Crippen molar-refractivity contribution >= 4 is 5.82 Å². The van der Waals surface area contributed by atoms with Crippen molar-refractivity contribution in [3.8, 4) is 0 Å². The minimum absolute atomic E-state index is 0.363. The Hall–Kier alpha value is -1.09. The lowest BCUT2D eigenvalue weighted by atomic mass is 10.1. The molecule has 1 aliphatic carbocycles. The molecular formula is C14H23N3. The summed E-state index contributed by atoms with van der Waals surface area (Å²) >= 11 is 0. The zero-order valence-corrected chi connectivity index (χ0v) is 10.7. The van der Waals surface area contributed by atoms with Gasteiger partial charge in [-0.15, -0.1) is 0 Å². The SMILES string of the molecule is CCCCC(CN)Nc1ccc2c(n1)CCC2. The van der Waals surface area contributed by atoms with E-state index in [2.05, 4.69) is 29.4 Å². The summed E-state index contributed by atoms with van der Waals surface area (Å²) in [6, 6.07) is 4.67. The monoisotopic (exact) mass is 233 g/mol. The average molecular weight is 233 g/mol. The highest BCUT2D eigenvalue weighted by Gasteiger charge is 2.13. The van der Waals surface area contributed by atoms with Crippen LogP contribution in [0.5, 0.6) is 0 Å². The number of anilines is 1. The van der Waals surface area contributed by atoms with Gasteiger partial charge >= 0.3 is 0 Å². The summed E-state index contributed by atoms with van der Waals surface area (Å²) in [6.07, 6.45) is 7.15. The highest BCUT2D eigenvalue weighted by Crippen LogP contribution is 2.22. The molecule has 0 radical (unpaired) electrons. The minimum atomic E-state index is 0.363. The molecule has 94 valence electrons. The molecule has 1 unspecified atom stereocenters. The topological polar surface area (TPSA) is 50.9 Å². The van der Waals surface area contributed by atoms with Crippen LogP contribution >= 0.6 is 0 Å². The Bertz CT molecular complexity index is 362. The summed E-state index contributed by atoms with van der Waals surface area (Å²) in [6.45, 7) is 2.89. The first-order valence-corrected chi connectivity index (χ1v) is 6.79. The maximum Gasteiger partial charge on any atom is 0.126 e. The first-order chi connectivity index (χ1) is 8.33. The quantitative estimate of drug-likeness (QED) is 0.793. The van der Waals surface area contributed by atoms with Crippen LogP contribution in [-0.4, -0.2) is 17.6 Å². The number of nitrogens with two attached hydrogens (primary N) is 1. The Kier molecular flexibility index (Phi) is 4.37. The molecule has 1 heterocycles. The van der Waals surface area contributed by atoms with Gasteiger partial charge < -0.3 is 11.1 Å². The lowest BCUT2D eigenvalue weighted by molar-refractivity contribution is 0.612. The number of hydrogen-bond donors (Lipinski definition) is 2. The number of pyridine rings is 1. The van der Waals surface area contributed by atoms with Gasteiger partial charge in [0, 0.05) is 18.3 Å². The average Bonchev–Trinajstić information content (AvgIpc) is 2.81. The van der Waals surface area contributed by atoms with Gasteiger partial charge in [0.15, 0.2) is 0 Å². The Labute approximate surface area is 104 Å². The second kappa shape index (κ2) is 6.01. The molecule has 1 atom stereocenters. The first kappa shape index (κ1) is 12.4.